The smallest absolute Gasteiger partial charge is 0.328 e. The first-order chi connectivity index (χ1) is 9.50. The quantitative estimate of drug-likeness (QED) is 0.831. The van der Waals surface area contributed by atoms with Crippen molar-refractivity contribution in [2.75, 3.05) is 11.4 Å². The summed E-state index contributed by atoms with van der Waals surface area (Å²) in [5.41, 5.74) is 6.73. The molecule has 2 rings (SSSR count). The highest BCUT2D eigenvalue weighted by Gasteiger charge is 2.31. The van der Waals surface area contributed by atoms with Crippen LogP contribution in [0.2, 0.25) is 5.02 Å². The van der Waals surface area contributed by atoms with E-state index in [1.54, 1.807) is 18.2 Å². The molecule has 0 radical (unpaired) electrons. The van der Waals surface area contributed by atoms with Crippen molar-refractivity contribution in [1.29, 1.82) is 0 Å². The van der Waals surface area contributed by atoms with Crippen molar-refractivity contribution in [1.82, 2.24) is 0 Å². The Morgan fingerprint density at radius 1 is 1.45 bits per heavy atom. The van der Waals surface area contributed by atoms with E-state index in [-0.39, 0.29) is 0 Å². The van der Waals surface area contributed by atoms with Crippen molar-refractivity contribution in [2.24, 2.45) is 5.73 Å². The molecular formula is C14H15ClN2O3. The second-order valence-corrected chi connectivity index (χ2v) is 5.01. The zero-order valence-electron chi connectivity index (χ0n) is 10.8. The summed E-state index contributed by atoms with van der Waals surface area (Å²) in [5.74, 6) is -1.43. The minimum atomic E-state index is -1.04. The Kier molecular flexibility index (Phi) is 4.29. The number of benzene rings is 1. The molecule has 1 aromatic carbocycles. The second kappa shape index (κ2) is 5.96. The largest absolute Gasteiger partial charge is 0.478 e. The Balaban J connectivity index is 2.44. The molecule has 1 heterocycles. The lowest BCUT2D eigenvalue weighted by atomic mass is 10.1. The highest BCUT2D eigenvalue weighted by Crippen LogP contribution is 2.35. The van der Waals surface area contributed by atoms with Crippen LogP contribution < -0.4 is 10.6 Å². The molecule has 1 aliphatic rings. The highest BCUT2D eigenvalue weighted by molar-refractivity contribution is 6.33. The van der Waals surface area contributed by atoms with E-state index >= 15 is 0 Å². The van der Waals surface area contributed by atoms with Gasteiger partial charge in [-0.1, -0.05) is 23.7 Å². The van der Waals surface area contributed by atoms with Gasteiger partial charge in [0.25, 0.3) is 0 Å². The summed E-state index contributed by atoms with van der Waals surface area (Å²) in [5, 5.41) is 9.21. The number of nitrogens with two attached hydrogens (primary N) is 1. The maximum atomic E-state index is 11.5. The van der Waals surface area contributed by atoms with Gasteiger partial charge in [-0.25, -0.2) is 4.79 Å². The zero-order valence-corrected chi connectivity index (χ0v) is 11.5. The highest BCUT2D eigenvalue weighted by atomic mass is 35.5. The number of para-hydroxylation sites is 1. The minimum absolute atomic E-state index is 0.393. The molecule has 1 unspecified atom stereocenters. The predicted octanol–water partition coefficient (Wildman–Crippen LogP) is 1.89. The maximum Gasteiger partial charge on any atom is 0.328 e. The van der Waals surface area contributed by atoms with E-state index in [1.165, 1.54) is 6.08 Å². The Bertz CT molecular complexity index is 572. The van der Waals surface area contributed by atoms with E-state index in [0.717, 1.165) is 12.5 Å². The first kappa shape index (κ1) is 14.4. The van der Waals surface area contributed by atoms with Gasteiger partial charge in [-0.05, 0) is 30.5 Å². The molecule has 0 bridgehead atoms. The molecule has 106 valence electrons. The lowest BCUT2D eigenvalue weighted by Crippen LogP contribution is -2.40. The summed E-state index contributed by atoms with van der Waals surface area (Å²) in [6, 6.07) is 4.82. The molecular weight excluding hydrogens is 280 g/mol. The standard InChI is InChI=1S/C14H15ClN2O3/c15-10-4-1-3-9(6-7-12(18)19)13(10)17-8-2-5-11(17)14(16)20/h1,3-4,6-7,11H,2,5,8H2,(H2,16,20)(H,18,19)/b7-6+. The molecule has 0 spiro atoms. The van der Waals surface area contributed by atoms with Gasteiger partial charge < -0.3 is 15.7 Å². The maximum absolute atomic E-state index is 11.5. The molecule has 1 aliphatic heterocycles. The molecule has 1 aromatic rings. The first-order valence-electron chi connectivity index (χ1n) is 6.26. The molecule has 3 N–H and O–H groups in total. The molecule has 0 aromatic heterocycles. The fourth-order valence-electron chi connectivity index (χ4n) is 2.46. The molecule has 1 amide bonds. The van der Waals surface area contributed by atoms with Gasteiger partial charge in [0, 0.05) is 12.6 Å². The Labute approximate surface area is 121 Å². The summed E-state index contributed by atoms with van der Waals surface area (Å²) in [4.78, 5) is 24.0. The van der Waals surface area contributed by atoms with Crippen molar-refractivity contribution in [3.05, 3.63) is 34.9 Å². The van der Waals surface area contributed by atoms with Crippen LogP contribution >= 0.6 is 11.6 Å². The molecule has 6 heteroatoms. The van der Waals surface area contributed by atoms with Gasteiger partial charge in [0.2, 0.25) is 5.91 Å². The number of rotatable bonds is 4. The predicted molar refractivity (Wildman–Crippen MR) is 77.7 cm³/mol. The number of carbonyl (C=O) groups is 2. The van der Waals surface area contributed by atoms with Gasteiger partial charge in [0.05, 0.1) is 10.7 Å². The van der Waals surface area contributed by atoms with Crippen molar-refractivity contribution in [2.45, 2.75) is 18.9 Å². The molecule has 0 aliphatic carbocycles. The number of carboxylic acid groups (broad SMARTS) is 1. The van der Waals surface area contributed by atoms with Crippen LogP contribution in [0.15, 0.2) is 24.3 Å². The van der Waals surface area contributed by atoms with E-state index < -0.39 is 17.9 Å². The van der Waals surface area contributed by atoms with Gasteiger partial charge in [0.1, 0.15) is 6.04 Å². The SMILES string of the molecule is NC(=O)C1CCCN1c1c(Cl)cccc1/C=C/C(=O)O. The third kappa shape index (κ3) is 2.93. The molecule has 5 nitrogen and oxygen atoms in total. The number of carbonyl (C=O) groups excluding carboxylic acids is 1. The Morgan fingerprint density at radius 3 is 2.85 bits per heavy atom. The number of anilines is 1. The average molecular weight is 295 g/mol. The third-order valence-corrected chi connectivity index (χ3v) is 3.60. The van der Waals surface area contributed by atoms with E-state index in [0.29, 0.717) is 29.2 Å². The van der Waals surface area contributed by atoms with Crippen LogP contribution in [0.1, 0.15) is 18.4 Å². The number of aliphatic carboxylic acids is 1. The van der Waals surface area contributed by atoms with Crippen LogP contribution in [0.5, 0.6) is 0 Å². The van der Waals surface area contributed by atoms with Crippen molar-refractivity contribution in [3.8, 4) is 0 Å². The summed E-state index contributed by atoms with van der Waals surface area (Å²) >= 11 is 6.22. The molecule has 1 saturated heterocycles. The topological polar surface area (TPSA) is 83.6 Å². The van der Waals surface area contributed by atoms with Crippen LogP contribution in [0.3, 0.4) is 0 Å². The number of halogens is 1. The third-order valence-electron chi connectivity index (χ3n) is 3.29. The van der Waals surface area contributed by atoms with Crippen molar-refractivity contribution in [3.63, 3.8) is 0 Å². The number of carboxylic acids is 1. The van der Waals surface area contributed by atoms with Crippen molar-refractivity contribution < 1.29 is 14.7 Å². The number of hydrogen-bond donors (Lipinski definition) is 2. The summed E-state index contributed by atoms with van der Waals surface area (Å²) < 4.78 is 0. The number of primary amides is 1. The Morgan fingerprint density at radius 2 is 2.20 bits per heavy atom. The molecule has 1 fully saturated rings. The Hall–Kier alpha value is -2.01. The lowest BCUT2D eigenvalue weighted by Gasteiger charge is -2.27. The van der Waals surface area contributed by atoms with Gasteiger partial charge in [-0.3, -0.25) is 4.79 Å². The minimum Gasteiger partial charge on any atom is -0.478 e. The fraction of sp³-hybridized carbons (Fsp3) is 0.286. The van der Waals surface area contributed by atoms with Gasteiger partial charge in [0.15, 0.2) is 0 Å². The van der Waals surface area contributed by atoms with Crippen LogP contribution in [0.25, 0.3) is 6.08 Å². The van der Waals surface area contributed by atoms with E-state index in [2.05, 4.69) is 0 Å². The molecule has 20 heavy (non-hydrogen) atoms. The monoisotopic (exact) mass is 294 g/mol. The number of nitrogens with zero attached hydrogens (tertiary/aromatic N) is 1. The van der Waals surface area contributed by atoms with E-state index in [9.17, 15) is 9.59 Å². The van der Waals surface area contributed by atoms with Gasteiger partial charge >= 0.3 is 5.97 Å². The number of hydrogen-bond acceptors (Lipinski definition) is 3. The van der Waals surface area contributed by atoms with E-state index in [1.807, 2.05) is 4.90 Å². The normalized spacial score (nSPS) is 18.6. The zero-order chi connectivity index (χ0) is 14.7. The lowest BCUT2D eigenvalue weighted by molar-refractivity contribution is -0.131. The summed E-state index contributed by atoms with van der Waals surface area (Å²) in [6.45, 7) is 0.672. The van der Waals surface area contributed by atoms with Crippen molar-refractivity contribution >= 4 is 35.2 Å². The number of amides is 1. The fourth-order valence-corrected chi connectivity index (χ4v) is 2.75. The van der Waals surface area contributed by atoms with E-state index in [4.69, 9.17) is 22.4 Å². The van der Waals surface area contributed by atoms with Crippen LogP contribution in [0.4, 0.5) is 5.69 Å². The summed E-state index contributed by atoms with van der Waals surface area (Å²) in [7, 11) is 0. The summed E-state index contributed by atoms with van der Waals surface area (Å²) in [6.07, 6.45) is 4.05. The van der Waals surface area contributed by atoms with Crippen LogP contribution in [-0.4, -0.2) is 29.6 Å². The van der Waals surface area contributed by atoms with Gasteiger partial charge in [-0.2, -0.15) is 0 Å². The van der Waals surface area contributed by atoms with Crippen LogP contribution in [0, 0.1) is 0 Å². The average Bonchev–Trinajstić information content (AvgIpc) is 2.85. The van der Waals surface area contributed by atoms with Gasteiger partial charge in [-0.15, -0.1) is 0 Å². The molecule has 0 saturated carbocycles. The second-order valence-electron chi connectivity index (χ2n) is 4.60. The van der Waals surface area contributed by atoms with Crippen LogP contribution in [-0.2, 0) is 9.59 Å². The first-order valence-corrected chi connectivity index (χ1v) is 6.64. The molecule has 1 atom stereocenters.